The molecule has 2 rings (SSSR count). The molecule has 0 spiro atoms. The van der Waals surface area contributed by atoms with Gasteiger partial charge in [0.25, 0.3) is 5.91 Å². The number of amides is 1. The van der Waals surface area contributed by atoms with Crippen LogP contribution in [0.1, 0.15) is 28.9 Å². The third-order valence-corrected chi connectivity index (χ3v) is 4.15. The second-order valence-electron chi connectivity index (χ2n) is 4.98. The molecule has 0 aliphatic heterocycles. The van der Waals surface area contributed by atoms with Gasteiger partial charge >= 0.3 is 0 Å². The smallest absolute Gasteiger partial charge is 0.251 e. The summed E-state index contributed by atoms with van der Waals surface area (Å²) in [4.78, 5) is 19.9. The number of rotatable bonds is 5. The highest BCUT2D eigenvalue weighted by Crippen LogP contribution is 2.21. The first-order valence-corrected chi connectivity index (χ1v) is 8.67. The monoisotopic (exact) mass is 335 g/mol. The third kappa shape index (κ3) is 4.26. The van der Waals surface area contributed by atoms with Gasteiger partial charge in [0, 0.05) is 30.3 Å². The maximum atomic E-state index is 12.2. The summed E-state index contributed by atoms with van der Waals surface area (Å²) < 4.78 is 28.4. The number of aromatic nitrogens is 2. The first-order valence-electron chi connectivity index (χ1n) is 6.78. The largest absolute Gasteiger partial charge is 0.481 e. The molecular formula is C15H17N3O4S. The normalized spacial score (nSPS) is 12.5. The molecule has 0 bridgehead atoms. The molecule has 0 aliphatic carbocycles. The first-order chi connectivity index (χ1) is 10.8. The van der Waals surface area contributed by atoms with Crippen LogP contribution in [0.2, 0.25) is 0 Å². The Morgan fingerprint density at radius 3 is 2.48 bits per heavy atom. The lowest BCUT2D eigenvalue weighted by Gasteiger charge is -2.16. The summed E-state index contributed by atoms with van der Waals surface area (Å²) in [6, 6.07) is 5.78. The SMILES string of the molecule is COc1cc([C@H](C)NC(=O)c2ccncc2)cc(S(C)(=O)=O)n1. The van der Waals surface area contributed by atoms with Crippen LogP contribution in [0.3, 0.4) is 0 Å². The average molecular weight is 335 g/mol. The number of nitrogens with one attached hydrogen (secondary N) is 1. The second kappa shape index (κ2) is 6.74. The van der Waals surface area contributed by atoms with E-state index in [1.807, 2.05) is 0 Å². The van der Waals surface area contributed by atoms with Gasteiger partial charge in [0.05, 0.1) is 13.2 Å². The maximum absolute atomic E-state index is 12.2. The van der Waals surface area contributed by atoms with Gasteiger partial charge in [0.1, 0.15) is 0 Å². The zero-order valence-corrected chi connectivity index (χ0v) is 13.8. The highest BCUT2D eigenvalue weighted by molar-refractivity contribution is 7.90. The van der Waals surface area contributed by atoms with Crippen molar-refractivity contribution < 1.29 is 17.9 Å². The molecule has 0 fully saturated rings. The number of sulfone groups is 1. The van der Waals surface area contributed by atoms with Gasteiger partial charge in [-0.05, 0) is 30.7 Å². The zero-order chi connectivity index (χ0) is 17.0. The van der Waals surface area contributed by atoms with Crippen molar-refractivity contribution in [1.29, 1.82) is 0 Å². The van der Waals surface area contributed by atoms with Gasteiger partial charge in [-0.15, -0.1) is 0 Å². The van der Waals surface area contributed by atoms with E-state index in [1.54, 1.807) is 25.1 Å². The van der Waals surface area contributed by atoms with Crippen LogP contribution in [0.4, 0.5) is 0 Å². The van der Waals surface area contributed by atoms with Gasteiger partial charge in [-0.2, -0.15) is 0 Å². The Kier molecular flexibility index (Phi) is 4.95. The topological polar surface area (TPSA) is 98.2 Å². The fourth-order valence-electron chi connectivity index (χ4n) is 1.91. The van der Waals surface area contributed by atoms with Crippen molar-refractivity contribution in [2.75, 3.05) is 13.4 Å². The lowest BCUT2D eigenvalue weighted by Crippen LogP contribution is -2.26. The minimum Gasteiger partial charge on any atom is -0.481 e. The molecule has 2 aromatic rings. The van der Waals surface area contributed by atoms with E-state index in [0.717, 1.165) is 6.26 Å². The summed E-state index contributed by atoms with van der Waals surface area (Å²) in [5, 5.41) is 2.70. The van der Waals surface area contributed by atoms with Crippen molar-refractivity contribution >= 4 is 15.7 Å². The lowest BCUT2D eigenvalue weighted by molar-refractivity contribution is 0.0939. The number of hydrogen-bond donors (Lipinski definition) is 1. The molecule has 7 nitrogen and oxygen atoms in total. The highest BCUT2D eigenvalue weighted by atomic mass is 32.2. The highest BCUT2D eigenvalue weighted by Gasteiger charge is 2.17. The number of carbonyl (C=O) groups excluding carboxylic acids is 1. The van der Waals surface area contributed by atoms with Gasteiger partial charge in [0.2, 0.25) is 5.88 Å². The molecule has 1 N–H and O–H groups in total. The number of hydrogen-bond acceptors (Lipinski definition) is 6. The zero-order valence-electron chi connectivity index (χ0n) is 13.0. The molecule has 0 unspecified atom stereocenters. The van der Waals surface area contributed by atoms with E-state index >= 15 is 0 Å². The van der Waals surface area contributed by atoms with E-state index in [2.05, 4.69) is 15.3 Å². The molecule has 2 aromatic heterocycles. The molecule has 0 aliphatic rings. The van der Waals surface area contributed by atoms with Crippen molar-refractivity contribution in [3.8, 4) is 5.88 Å². The molecule has 0 aromatic carbocycles. The predicted molar refractivity (Wildman–Crippen MR) is 84.0 cm³/mol. The van der Waals surface area contributed by atoms with Crippen molar-refractivity contribution in [3.63, 3.8) is 0 Å². The average Bonchev–Trinajstić information content (AvgIpc) is 2.54. The molecule has 1 amide bonds. The Labute approximate surface area is 134 Å². The van der Waals surface area contributed by atoms with E-state index in [4.69, 9.17) is 4.74 Å². The number of methoxy groups -OCH3 is 1. The van der Waals surface area contributed by atoms with Gasteiger partial charge in [-0.25, -0.2) is 13.4 Å². The van der Waals surface area contributed by atoms with Gasteiger partial charge in [-0.1, -0.05) is 0 Å². The van der Waals surface area contributed by atoms with Crippen molar-refractivity contribution in [2.45, 2.75) is 18.0 Å². The summed E-state index contributed by atoms with van der Waals surface area (Å²) in [7, 11) is -2.08. The molecule has 8 heteroatoms. The van der Waals surface area contributed by atoms with Crippen molar-refractivity contribution in [1.82, 2.24) is 15.3 Å². The molecule has 122 valence electrons. The number of ether oxygens (including phenoxy) is 1. The number of pyridine rings is 2. The van der Waals surface area contributed by atoms with Crippen LogP contribution < -0.4 is 10.1 Å². The molecule has 23 heavy (non-hydrogen) atoms. The Morgan fingerprint density at radius 2 is 1.91 bits per heavy atom. The molecule has 0 saturated carbocycles. The van der Waals surface area contributed by atoms with E-state index < -0.39 is 15.9 Å². The number of carbonyl (C=O) groups is 1. The standard InChI is InChI=1S/C15H17N3O4S/c1-10(17-15(19)11-4-6-16-7-5-11)12-8-13(22-2)18-14(9-12)23(3,20)21/h4-10H,1-3H3,(H,17,19)/t10-/m0/s1. The van der Waals surface area contributed by atoms with Crippen LogP contribution in [0.25, 0.3) is 0 Å². The molecule has 2 heterocycles. The Bertz CT molecular complexity index is 807. The third-order valence-electron chi connectivity index (χ3n) is 3.18. The number of nitrogens with zero attached hydrogens (tertiary/aromatic N) is 2. The van der Waals surface area contributed by atoms with Crippen LogP contribution in [-0.4, -0.2) is 37.7 Å². The van der Waals surface area contributed by atoms with Crippen LogP contribution in [0, 0.1) is 0 Å². The summed E-state index contributed by atoms with van der Waals surface area (Å²) in [6.07, 6.45) is 4.12. The van der Waals surface area contributed by atoms with Crippen molar-refractivity contribution in [3.05, 3.63) is 47.8 Å². The second-order valence-corrected chi connectivity index (χ2v) is 6.95. The summed E-state index contributed by atoms with van der Waals surface area (Å²) in [5.41, 5.74) is 1.05. The fraction of sp³-hybridized carbons (Fsp3) is 0.267. The summed E-state index contributed by atoms with van der Waals surface area (Å²) in [6.45, 7) is 1.75. The Morgan fingerprint density at radius 1 is 1.26 bits per heavy atom. The lowest BCUT2D eigenvalue weighted by atomic mass is 10.1. The Hall–Kier alpha value is -2.48. The van der Waals surface area contributed by atoms with Crippen molar-refractivity contribution in [2.24, 2.45) is 0 Å². The van der Waals surface area contributed by atoms with Crippen LogP contribution in [0.15, 0.2) is 41.7 Å². The minimum absolute atomic E-state index is 0.100. The van der Waals surface area contributed by atoms with E-state index in [9.17, 15) is 13.2 Å². The first kappa shape index (κ1) is 16.9. The summed E-state index contributed by atoms with van der Waals surface area (Å²) >= 11 is 0. The minimum atomic E-state index is -3.48. The van der Waals surface area contributed by atoms with E-state index in [-0.39, 0.29) is 16.8 Å². The molecular weight excluding hydrogens is 318 g/mol. The maximum Gasteiger partial charge on any atom is 0.251 e. The summed E-state index contributed by atoms with van der Waals surface area (Å²) in [5.74, 6) is -0.107. The van der Waals surface area contributed by atoms with E-state index in [1.165, 1.54) is 25.6 Å². The van der Waals surface area contributed by atoms with E-state index in [0.29, 0.717) is 11.1 Å². The van der Waals surface area contributed by atoms with Gasteiger partial charge in [0.15, 0.2) is 14.9 Å². The van der Waals surface area contributed by atoms with Crippen LogP contribution >= 0.6 is 0 Å². The van der Waals surface area contributed by atoms with Crippen LogP contribution in [-0.2, 0) is 9.84 Å². The molecule has 0 radical (unpaired) electrons. The Balaban J connectivity index is 2.28. The fourth-order valence-corrected chi connectivity index (χ4v) is 2.52. The molecule has 1 atom stereocenters. The van der Waals surface area contributed by atoms with Gasteiger partial charge < -0.3 is 10.1 Å². The quantitative estimate of drug-likeness (QED) is 0.886. The predicted octanol–water partition coefficient (Wildman–Crippen LogP) is 1.38. The van der Waals surface area contributed by atoms with Crippen LogP contribution in [0.5, 0.6) is 5.88 Å². The van der Waals surface area contributed by atoms with Gasteiger partial charge in [-0.3, -0.25) is 9.78 Å². The molecule has 0 saturated heterocycles.